The van der Waals surface area contributed by atoms with Crippen LogP contribution >= 0.6 is 0 Å². The third-order valence-corrected chi connectivity index (χ3v) is 4.42. The fourth-order valence-corrected chi connectivity index (χ4v) is 3.10. The van der Waals surface area contributed by atoms with E-state index in [2.05, 4.69) is 10.3 Å². The molecule has 1 aromatic rings. The van der Waals surface area contributed by atoms with Gasteiger partial charge in [-0.05, 0) is 43.9 Å². The van der Waals surface area contributed by atoms with Gasteiger partial charge in [0.1, 0.15) is 6.61 Å². The molecule has 2 aliphatic rings. The van der Waals surface area contributed by atoms with E-state index in [4.69, 9.17) is 10.5 Å². The summed E-state index contributed by atoms with van der Waals surface area (Å²) in [5.41, 5.74) is 6.30. The molecule has 3 rings (SSSR count). The van der Waals surface area contributed by atoms with E-state index in [1.807, 2.05) is 17.0 Å². The van der Waals surface area contributed by atoms with Gasteiger partial charge in [0.15, 0.2) is 6.10 Å². The summed E-state index contributed by atoms with van der Waals surface area (Å²) in [7, 11) is 0. The number of unbranched alkanes of at least 4 members (excludes halogenated alkanes) is 1. The van der Waals surface area contributed by atoms with Crippen LogP contribution in [0, 0.1) is 0 Å². The summed E-state index contributed by atoms with van der Waals surface area (Å²) in [5.74, 6) is -0.238. The molecule has 0 spiro atoms. The summed E-state index contributed by atoms with van der Waals surface area (Å²) in [6, 6.07) is 3.50. The van der Waals surface area contributed by atoms with Crippen molar-refractivity contribution >= 4 is 11.8 Å². The van der Waals surface area contributed by atoms with Gasteiger partial charge in [-0.2, -0.15) is 0 Å². The first kappa shape index (κ1) is 16.9. The first-order valence-electron chi connectivity index (χ1n) is 8.53. The number of morpholine rings is 1. The number of rotatable bonds is 7. The molecule has 7 heteroatoms. The minimum atomic E-state index is -0.703. The van der Waals surface area contributed by atoms with Crippen molar-refractivity contribution in [3.8, 4) is 0 Å². The summed E-state index contributed by atoms with van der Waals surface area (Å²) >= 11 is 0. The number of carbonyl (C=O) groups excluding carboxylic acids is 2. The number of nitrogens with two attached hydrogens (primary N) is 1. The Labute approximate surface area is 141 Å². The zero-order valence-electron chi connectivity index (χ0n) is 13.7. The number of amides is 2. The van der Waals surface area contributed by atoms with Gasteiger partial charge < -0.3 is 20.7 Å². The number of hydrogen-bond donors (Lipinski definition) is 2. The van der Waals surface area contributed by atoms with Crippen LogP contribution in [0.3, 0.4) is 0 Å². The van der Waals surface area contributed by atoms with Gasteiger partial charge in [-0.25, -0.2) is 0 Å². The van der Waals surface area contributed by atoms with Gasteiger partial charge in [-0.15, -0.1) is 0 Å². The van der Waals surface area contributed by atoms with Gasteiger partial charge in [-0.3, -0.25) is 14.6 Å². The van der Waals surface area contributed by atoms with Crippen molar-refractivity contribution in [3.05, 3.63) is 30.1 Å². The predicted molar refractivity (Wildman–Crippen MR) is 87.9 cm³/mol. The molecule has 1 saturated heterocycles. The van der Waals surface area contributed by atoms with E-state index >= 15 is 0 Å². The lowest BCUT2D eigenvalue weighted by molar-refractivity contribution is -0.165. The molecule has 24 heavy (non-hydrogen) atoms. The second kappa shape index (κ2) is 7.72. The second-order valence-corrected chi connectivity index (χ2v) is 6.28. The number of ether oxygens (including phenoxy) is 1. The summed E-state index contributed by atoms with van der Waals surface area (Å²) in [5, 5.41) is 2.90. The monoisotopic (exact) mass is 332 g/mol. The number of aromatic nitrogens is 1. The molecule has 0 bridgehead atoms. The highest BCUT2D eigenvalue weighted by atomic mass is 16.5. The van der Waals surface area contributed by atoms with E-state index in [-0.39, 0.29) is 24.5 Å². The van der Waals surface area contributed by atoms with E-state index in [1.54, 1.807) is 12.4 Å². The number of pyridine rings is 1. The average molecular weight is 332 g/mol. The molecule has 2 amide bonds. The number of nitrogens with zero attached hydrogens (tertiary/aromatic N) is 2. The van der Waals surface area contributed by atoms with E-state index in [1.165, 1.54) is 0 Å². The molecule has 130 valence electrons. The second-order valence-electron chi connectivity index (χ2n) is 6.28. The fourth-order valence-electron chi connectivity index (χ4n) is 3.10. The van der Waals surface area contributed by atoms with Crippen LogP contribution in [0.25, 0.3) is 0 Å². The maximum atomic E-state index is 12.6. The van der Waals surface area contributed by atoms with Crippen LogP contribution in [-0.4, -0.2) is 53.5 Å². The van der Waals surface area contributed by atoms with Crippen molar-refractivity contribution in [3.63, 3.8) is 0 Å². The minimum absolute atomic E-state index is 0.0475. The maximum Gasteiger partial charge on any atom is 0.251 e. The Bertz CT molecular complexity index is 576. The molecule has 2 fully saturated rings. The molecule has 0 radical (unpaired) electrons. The highest BCUT2D eigenvalue weighted by Crippen LogP contribution is 2.39. The first-order chi connectivity index (χ1) is 11.7. The molecule has 1 aromatic heterocycles. The molecule has 2 unspecified atom stereocenters. The lowest BCUT2D eigenvalue weighted by Crippen LogP contribution is -2.55. The van der Waals surface area contributed by atoms with Crippen molar-refractivity contribution in [2.75, 3.05) is 19.7 Å². The van der Waals surface area contributed by atoms with Gasteiger partial charge in [0.2, 0.25) is 5.91 Å². The molecule has 0 aromatic carbocycles. The molecule has 7 nitrogen and oxygen atoms in total. The molecule has 1 aliphatic carbocycles. The van der Waals surface area contributed by atoms with E-state index < -0.39 is 12.1 Å². The molecule has 1 saturated carbocycles. The maximum absolute atomic E-state index is 12.6. The molecule has 2 heterocycles. The summed E-state index contributed by atoms with van der Waals surface area (Å²) in [6.07, 6.45) is 6.34. The normalized spacial score (nSPS) is 24.0. The first-order valence-corrected chi connectivity index (χ1v) is 8.53. The Morgan fingerprint density at radius 3 is 2.92 bits per heavy atom. The van der Waals surface area contributed by atoms with Gasteiger partial charge in [0, 0.05) is 25.0 Å². The van der Waals surface area contributed by atoms with Crippen LogP contribution in [0.2, 0.25) is 0 Å². The van der Waals surface area contributed by atoms with E-state index in [0.29, 0.717) is 13.1 Å². The largest absolute Gasteiger partial charge is 0.356 e. The summed E-state index contributed by atoms with van der Waals surface area (Å²) in [6.45, 7) is 1.12. The molecule has 3 N–H and O–H groups in total. The fraction of sp³-hybridized carbons (Fsp3) is 0.588. The van der Waals surface area contributed by atoms with Crippen molar-refractivity contribution in [2.24, 2.45) is 5.73 Å². The SMILES string of the molecule is NCCCCNC(=O)C1OCC(=O)N(C2CC2)C1c1cccnc1. The number of carbonyl (C=O) groups is 2. The zero-order valence-corrected chi connectivity index (χ0v) is 13.7. The third kappa shape index (κ3) is 3.73. The van der Waals surface area contributed by atoms with Gasteiger partial charge in [-0.1, -0.05) is 6.07 Å². The Morgan fingerprint density at radius 2 is 2.25 bits per heavy atom. The quantitative estimate of drug-likeness (QED) is 0.703. The van der Waals surface area contributed by atoms with Gasteiger partial charge in [0.05, 0.1) is 6.04 Å². The van der Waals surface area contributed by atoms with Crippen molar-refractivity contribution in [1.29, 1.82) is 0 Å². The van der Waals surface area contributed by atoms with E-state index in [9.17, 15) is 9.59 Å². The standard InChI is InChI=1S/C17H24N4O3/c18-7-1-2-9-20-17(23)16-15(12-4-3-8-19-10-12)21(13-5-6-13)14(22)11-24-16/h3-4,8,10,13,15-16H,1-2,5-7,9,11,18H2,(H,20,23). The van der Waals surface area contributed by atoms with Crippen molar-refractivity contribution in [2.45, 2.75) is 43.9 Å². The highest BCUT2D eigenvalue weighted by Gasteiger charge is 2.47. The zero-order chi connectivity index (χ0) is 16.9. The molecular weight excluding hydrogens is 308 g/mol. The van der Waals surface area contributed by atoms with Crippen molar-refractivity contribution < 1.29 is 14.3 Å². The Hall–Kier alpha value is -1.99. The van der Waals surface area contributed by atoms with Gasteiger partial charge >= 0.3 is 0 Å². The number of hydrogen-bond acceptors (Lipinski definition) is 5. The topological polar surface area (TPSA) is 97.5 Å². The Kier molecular flexibility index (Phi) is 5.42. The van der Waals surface area contributed by atoms with E-state index in [0.717, 1.165) is 31.2 Å². The molecule has 2 atom stereocenters. The summed E-state index contributed by atoms with van der Waals surface area (Å²) in [4.78, 5) is 30.9. The lowest BCUT2D eigenvalue weighted by Gasteiger charge is -2.40. The van der Waals surface area contributed by atoms with Crippen LogP contribution in [0.1, 0.15) is 37.3 Å². The average Bonchev–Trinajstić information content (AvgIpc) is 3.44. The lowest BCUT2D eigenvalue weighted by atomic mass is 9.98. The molecular formula is C17H24N4O3. The van der Waals surface area contributed by atoms with Crippen LogP contribution in [-0.2, 0) is 14.3 Å². The smallest absolute Gasteiger partial charge is 0.251 e. The van der Waals surface area contributed by atoms with Gasteiger partial charge in [0.25, 0.3) is 5.91 Å². The molecule has 1 aliphatic heterocycles. The summed E-state index contributed by atoms with van der Waals surface area (Å²) < 4.78 is 5.63. The van der Waals surface area contributed by atoms with Crippen LogP contribution < -0.4 is 11.1 Å². The Balaban J connectivity index is 1.78. The Morgan fingerprint density at radius 1 is 1.42 bits per heavy atom. The van der Waals surface area contributed by atoms with Crippen LogP contribution in [0.5, 0.6) is 0 Å². The third-order valence-electron chi connectivity index (χ3n) is 4.42. The highest BCUT2D eigenvalue weighted by molar-refractivity contribution is 5.86. The van der Waals surface area contributed by atoms with Crippen molar-refractivity contribution in [1.82, 2.24) is 15.2 Å². The predicted octanol–water partition coefficient (Wildman–Crippen LogP) is 0.368. The number of nitrogens with one attached hydrogen (secondary N) is 1. The van der Waals surface area contributed by atoms with Crippen LogP contribution in [0.4, 0.5) is 0 Å². The minimum Gasteiger partial charge on any atom is -0.356 e. The van der Waals surface area contributed by atoms with Crippen LogP contribution in [0.15, 0.2) is 24.5 Å².